The molecule has 4 aromatic rings. The van der Waals surface area contributed by atoms with Crippen molar-refractivity contribution in [1.29, 1.82) is 5.26 Å². The quantitative estimate of drug-likeness (QED) is 0.289. The number of urea groups is 1. The molecule has 0 aliphatic heterocycles. The van der Waals surface area contributed by atoms with Gasteiger partial charge in [0.2, 0.25) is 0 Å². The number of anilines is 3. The van der Waals surface area contributed by atoms with Crippen molar-refractivity contribution >= 4 is 29.3 Å². The Morgan fingerprint density at radius 2 is 1.74 bits per heavy atom. The Morgan fingerprint density at radius 1 is 0.974 bits per heavy atom. The Bertz CT molecular complexity index is 1450. The highest BCUT2D eigenvalue weighted by Gasteiger charge is 2.20. The molecule has 39 heavy (non-hydrogen) atoms. The number of nitriles is 1. The topological polar surface area (TPSA) is 140 Å². The number of H-pyrrole nitrogens is 1. The second kappa shape index (κ2) is 12.0. The van der Waals surface area contributed by atoms with Crippen molar-refractivity contribution < 1.29 is 9.59 Å². The van der Waals surface area contributed by atoms with Crippen LogP contribution in [0, 0.1) is 11.3 Å². The number of hydrogen-bond donors (Lipinski definition) is 3. The molecule has 1 fully saturated rings. The van der Waals surface area contributed by atoms with Gasteiger partial charge in [0.15, 0.2) is 0 Å². The van der Waals surface area contributed by atoms with Crippen LogP contribution in [-0.4, -0.2) is 32.6 Å². The minimum Gasteiger partial charge on any atom is -0.307 e. The van der Waals surface area contributed by atoms with Gasteiger partial charge < -0.3 is 5.32 Å². The first-order chi connectivity index (χ1) is 19.1. The van der Waals surface area contributed by atoms with E-state index in [-0.39, 0.29) is 24.4 Å². The van der Waals surface area contributed by atoms with Crippen LogP contribution in [0.2, 0.25) is 0 Å². The fourth-order valence-electron chi connectivity index (χ4n) is 4.83. The Kier molecular flexibility index (Phi) is 7.88. The van der Waals surface area contributed by atoms with E-state index in [4.69, 9.17) is 0 Å². The summed E-state index contributed by atoms with van der Waals surface area (Å²) in [7, 11) is 0. The van der Waals surface area contributed by atoms with Crippen molar-refractivity contribution in [3.63, 3.8) is 0 Å². The lowest BCUT2D eigenvalue weighted by Gasteiger charge is -2.26. The smallest absolute Gasteiger partial charge is 0.307 e. The van der Waals surface area contributed by atoms with Crippen LogP contribution in [0.15, 0.2) is 72.8 Å². The highest BCUT2D eigenvalue weighted by Crippen LogP contribution is 2.33. The second-order valence-corrected chi connectivity index (χ2v) is 9.52. The van der Waals surface area contributed by atoms with E-state index >= 15 is 0 Å². The first kappa shape index (κ1) is 25.6. The molecule has 1 aliphatic carbocycles. The standard InChI is InChI=1S/C29H28N8O2/c30-18-21-5-4-8-25(17-21)31-29(39)37(26-15-13-23(14-16-26)22-6-2-1-3-7-22)19-20-9-11-24(12-10-20)27(38)32-28-33-35-36-34-28/h4-5,8-17,22H,1-3,6-7,19H2,(H,31,39)(H2,32,33,34,35,36,38). The van der Waals surface area contributed by atoms with Gasteiger partial charge in [-0.1, -0.05) is 54.7 Å². The first-order valence-corrected chi connectivity index (χ1v) is 12.9. The zero-order valence-corrected chi connectivity index (χ0v) is 21.3. The van der Waals surface area contributed by atoms with E-state index in [1.54, 1.807) is 53.4 Å². The molecule has 3 amide bonds. The maximum atomic E-state index is 13.5. The minimum atomic E-state index is -0.367. The number of aromatic nitrogens is 4. The van der Waals surface area contributed by atoms with Gasteiger partial charge in [0, 0.05) is 16.9 Å². The predicted octanol–water partition coefficient (Wildman–Crippen LogP) is 5.61. The Labute approximate surface area is 226 Å². The van der Waals surface area contributed by atoms with Gasteiger partial charge in [-0.15, -0.1) is 5.10 Å². The zero-order chi connectivity index (χ0) is 27.0. The van der Waals surface area contributed by atoms with Crippen molar-refractivity contribution in [1.82, 2.24) is 20.6 Å². The van der Waals surface area contributed by atoms with Crippen LogP contribution in [0.5, 0.6) is 0 Å². The van der Waals surface area contributed by atoms with Crippen molar-refractivity contribution in [2.45, 2.75) is 44.6 Å². The van der Waals surface area contributed by atoms with Gasteiger partial charge >= 0.3 is 6.03 Å². The highest BCUT2D eigenvalue weighted by molar-refractivity contribution is 6.03. The molecule has 0 saturated heterocycles. The number of benzene rings is 3. The summed E-state index contributed by atoms with van der Waals surface area (Å²) in [6, 6.07) is 23.8. The average Bonchev–Trinajstić information content (AvgIpc) is 3.50. The third kappa shape index (κ3) is 6.45. The van der Waals surface area contributed by atoms with Crippen molar-refractivity contribution in [3.05, 3.63) is 95.1 Å². The molecule has 0 spiro atoms. The molecule has 196 valence electrons. The molecule has 3 aromatic carbocycles. The molecule has 10 nitrogen and oxygen atoms in total. The van der Waals surface area contributed by atoms with Crippen LogP contribution >= 0.6 is 0 Å². The van der Waals surface area contributed by atoms with Gasteiger partial charge in [0.1, 0.15) is 0 Å². The molecule has 0 atom stereocenters. The molecule has 1 saturated carbocycles. The number of aromatic amines is 1. The Hall–Kier alpha value is -5.04. The molecule has 5 rings (SSSR count). The van der Waals surface area contributed by atoms with E-state index in [9.17, 15) is 14.9 Å². The minimum absolute atomic E-state index is 0.0871. The van der Waals surface area contributed by atoms with Crippen LogP contribution < -0.4 is 15.5 Å². The van der Waals surface area contributed by atoms with Crippen LogP contribution in [0.1, 0.15) is 65.1 Å². The van der Waals surface area contributed by atoms with Gasteiger partial charge in [0.05, 0.1) is 18.2 Å². The third-order valence-corrected chi connectivity index (χ3v) is 6.90. The molecule has 0 unspecified atom stereocenters. The van der Waals surface area contributed by atoms with E-state index in [1.807, 2.05) is 12.1 Å². The predicted molar refractivity (Wildman–Crippen MR) is 147 cm³/mol. The number of carbonyl (C=O) groups excluding carboxylic acids is 2. The summed E-state index contributed by atoms with van der Waals surface area (Å²) in [5.41, 5.74) is 4.32. The molecule has 10 heteroatoms. The van der Waals surface area contributed by atoms with Crippen LogP contribution in [0.4, 0.5) is 22.1 Å². The van der Waals surface area contributed by atoms with Crippen LogP contribution in [0.3, 0.4) is 0 Å². The lowest BCUT2D eigenvalue weighted by molar-refractivity contribution is 0.102. The molecular formula is C29H28N8O2. The molecular weight excluding hydrogens is 492 g/mol. The summed E-state index contributed by atoms with van der Waals surface area (Å²) in [6.45, 7) is 0.277. The van der Waals surface area contributed by atoms with E-state index in [1.165, 1.54) is 37.7 Å². The van der Waals surface area contributed by atoms with Crippen molar-refractivity contribution in [3.8, 4) is 6.07 Å². The number of nitrogens with zero attached hydrogens (tertiary/aromatic N) is 5. The molecule has 1 aromatic heterocycles. The first-order valence-electron chi connectivity index (χ1n) is 12.9. The number of tetrazole rings is 1. The number of nitrogens with one attached hydrogen (secondary N) is 3. The van der Waals surface area contributed by atoms with Gasteiger partial charge in [0.25, 0.3) is 11.9 Å². The van der Waals surface area contributed by atoms with E-state index in [0.717, 1.165) is 11.3 Å². The molecule has 0 bridgehead atoms. The molecule has 1 heterocycles. The number of amides is 3. The summed E-state index contributed by atoms with van der Waals surface area (Å²) in [4.78, 5) is 27.6. The van der Waals surface area contributed by atoms with Crippen LogP contribution in [0.25, 0.3) is 0 Å². The summed E-state index contributed by atoms with van der Waals surface area (Å²) in [5.74, 6) is 0.284. The third-order valence-electron chi connectivity index (χ3n) is 6.90. The second-order valence-electron chi connectivity index (χ2n) is 9.52. The summed E-state index contributed by atoms with van der Waals surface area (Å²) in [6.07, 6.45) is 6.21. The van der Waals surface area contributed by atoms with Gasteiger partial charge in [-0.2, -0.15) is 10.5 Å². The fourth-order valence-corrected chi connectivity index (χ4v) is 4.83. The SMILES string of the molecule is N#Cc1cccc(NC(=O)N(Cc2ccc(C(=O)Nc3nn[nH]n3)cc2)c2ccc(C3CCCCC3)cc2)c1. The number of rotatable bonds is 7. The maximum absolute atomic E-state index is 13.5. The number of carbonyl (C=O) groups is 2. The van der Waals surface area contributed by atoms with E-state index in [2.05, 4.69) is 49.5 Å². The Morgan fingerprint density at radius 3 is 2.44 bits per heavy atom. The molecule has 3 N–H and O–H groups in total. The molecule has 1 aliphatic rings. The van der Waals surface area contributed by atoms with Crippen molar-refractivity contribution in [2.24, 2.45) is 0 Å². The van der Waals surface area contributed by atoms with Gasteiger partial charge in [-0.25, -0.2) is 4.79 Å². The molecule has 0 radical (unpaired) electrons. The Balaban J connectivity index is 1.35. The number of hydrogen-bond acceptors (Lipinski definition) is 6. The fraction of sp³-hybridized carbons (Fsp3) is 0.241. The zero-order valence-electron chi connectivity index (χ0n) is 21.3. The lowest BCUT2D eigenvalue weighted by Crippen LogP contribution is -2.34. The summed E-state index contributed by atoms with van der Waals surface area (Å²) < 4.78 is 0. The average molecular weight is 521 g/mol. The van der Waals surface area contributed by atoms with Gasteiger partial charge in [-0.05, 0) is 77.6 Å². The normalized spacial score (nSPS) is 13.3. The van der Waals surface area contributed by atoms with Crippen LogP contribution in [-0.2, 0) is 6.54 Å². The van der Waals surface area contributed by atoms with E-state index < -0.39 is 0 Å². The van der Waals surface area contributed by atoms with Gasteiger partial charge in [-0.3, -0.25) is 15.0 Å². The monoisotopic (exact) mass is 520 g/mol. The van der Waals surface area contributed by atoms with E-state index in [0.29, 0.717) is 22.7 Å². The highest BCUT2D eigenvalue weighted by atomic mass is 16.2. The summed E-state index contributed by atoms with van der Waals surface area (Å²) in [5, 5.41) is 27.9. The summed E-state index contributed by atoms with van der Waals surface area (Å²) >= 11 is 0. The lowest BCUT2D eigenvalue weighted by atomic mass is 9.84. The largest absolute Gasteiger partial charge is 0.326 e. The van der Waals surface area contributed by atoms with Crippen molar-refractivity contribution in [2.75, 3.05) is 15.5 Å². The maximum Gasteiger partial charge on any atom is 0.326 e.